The standard InChI is InChI=1S/C16H27N3/c1-4-9-19-10-5-6-14(12-17-3)16(19)15-8-7-13(2)11-18-15/h7-8,11,14,16-17H,4-6,9-10,12H2,1-3H3. The number of aromatic nitrogens is 1. The van der Waals surface area contributed by atoms with E-state index < -0.39 is 0 Å². The largest absolute Gasteiger partial charge is 0.319 e. The van der Waals surface area contributed by atoms with Gasteiger partial charge in [0.05, 0.1) is 11.7 Å². The average Bonchev–Trinajstić information content (AvgIpc) is 2.41. The van der Waals surface area contributed by atoms with Crippen LogP contribution in [0.1, 0.15) is 43.5 Å². The van der Waals surface area contributed by atoms with Crippen LogP contribution in [0.25, 0.3) is 0 Å². The topological polar surface area (TPSA) is 28.2 Å². The van der Waals surface area contributed by atoms with Crippen molar-refractivity contribution in [2.45, 2.75) is 39.2 Å². The second-order valence-corrected chi connectivity index (χ2v) is 5.70. The number of hydrogen-bond acceptors (Lipinski definition) is 3. The van der Waals surface area contributed by atoms with Gasteiger partial charge in [0, 0.05) is 6.20 Å². The van der Waals surface area contributed by atoms with Gasteiger partial charge in [-0.25, -0.2) is 0 Å². The van der Waals surface area contributed by atoms with E-state index >= 15 is 0 Å². The maximum atomic E-state index is 4.70. The zero-order valence-electron chi connectivity index (χ0n) is 12.5. The summed E-state index contributed by atoms with van der Waals surface area (Å²) in [6, 6.07) is 4.90. The lowest BCUT2D eigenvalue weighted by Crippen LogP contribution is -2.42. The van der Waals surface area contributed by atoms with Crippen molar-refractivity contribution >= 4 is 0 Å². The number of nitrogens with zero attached hydrogens (tertiary/aromatic N) is 2. The van der Waals surface area contributed by atoms with Gasteiger partial charge in [0.1, 0.15) is 0 Å². The van der Waals surface area contributed by atoms with Gasteiger partial charge in [0.2, 0.25) is 0 Å². The summed E-state index contributed by atoms with van der Waals surface area (Å²) >= 11 is 0. The summed E-state index contributed by atoms with van der Waals surface area (Å²) in [7, 11) is 2.05. The van der Waals surface area contributed by atoms with E-state index in [1.54, 1.807) is 0 Å². The summed E-state index contributed by atoms with van der Waals surface area (Å²) in [6.45, 7) is 7.85. The van der Waals surface area contributed by atoms with Crippen molar-refractivity contribution in [1.29, 1.82) is 0 Å². The minimum Gasteiger partial charge on any atom is -0.319 e. The summed E-state index contributed by atoms with van der Waals surface area (Å²) < 4.78 is 0. The number of nitrogens with one attached hydrogen (secondary N) is 1. The number of hydrogen-bond donors (Lipinski definition) is 1. The molecule has 0 aliphatic carbocycles. The smallest absolute Gasteiger partial charge is 0.0578 e. The third kappa shape index (κ3) is 3.54. The lowest BCUT2D eigenvalue weighted by Gasteiger charge is -2.41. The highest BCUT2D eigenvalue weighted by Gasteiger charge is 2.32. The molecule has 2 atom stereocenters. The van der Waals surface area contributed by atoms with Gasteiger partial charge >= 0.3 is 0 Å². The van der Waals surface area contributed by atoms with E-state index in [0.29, 0.717) is 12.0 Å². The molecule has 1 aliphatic rings. The summed E-state index contributed by atoms with van der Waals surface area (Å²) in [5.74, 6) is 0.681. The number of piperidine rings is 1. The summed E-state index contributed by atoms with van der Waals surface area (Å²) in [6.07, 6.45) is 5.84. The molecule has 2 rings (SSSR count). The number of pyridine rings is 1. The van der Waals surface area contributed by atoms with Gasteiger partial charge in [-0.2, -0.15) is 0 Å². The maximum absolute atomic E-state index is 4.70. The maximum Gasteiger partial charge on any atom is 0.0578 e. The van der Waals surface area contributed by atoms with Crippen LogP contribution in [0.5, 0.6) is 0 Å². The van der Waals surface area contributed by atoms with Crippen molar-refractivity contribution in [3.05, 3.63) is 29.6 Å². The molecule has 1 aliphatic heterocycles. The lowest BCUT2D eigenvalue weighted by molar-refractivity contribution is 0.0894. The van der Waals surface area contributed by atoms with Crippen molar-refractivity contribution in [2.75, 3.05) is 26.7 Å². The Morgan fingerprint density at radius 1 is 1.42 bits per heavy atom. The van der Waals surface area contributed by atoms with Gasteiger partial charge < -0.3 is 5.32 Å². The van der Waals surface area contributed by atoms with Gasteiger partial charge in [-0.15, -0.1) is 0 Å². The van der Waals surface area contributed by atoms with Crippen LogP contribution >= 0.6 is 0 Å². The summed E-state index contributed by atoms with van der Waals surface area (Å²) in [5, 5.41) is 3.36. The van der Waals surface area contributed by atoms with Crippen LogP contribution in [-0.2, 0) is 0 Å². The van der Waals surface area contributed by atoms with E-state index in [4.69, 9.17) is 4.98 Å². The van der Waals surface area contributed by atoms with E-state index in [2.05, 4.69) is 43.2 Å². The molecule has 1 aromatic rings. The van der Waals surface area contributed by atoms with Crippen LogP contribution in [0, 0.1) is 12.8 Å². The van der Waals surface area contributed by atoms with Crippen molar-refractivity contribution in [3.8, 4) is 0 Å². The minimum atomic E-state index is 0.488. The lowest BCUT2D eigenvalue weighted by atomic mass is 9.86. The zero-order chi connectivity index (χ0) is 13.7. The molecule has 0 radical (unpaired) electrons. The number of aryl methyl sites for hydroxylation is 1. The number of likely N-dealkylation sites (tertiary alicyclic amines) is 1. The first-order valence-electron chi connectivity index (χ1n) is 7.57. The van der Waals surface area contributed by atoms with Crippen LogP contribution in [0.3, 0.4) is 0 Å². The van der Waals surface area contributed by atoms with Crippen molar-refractivity contribution in [3.63, 3.8) is 0 Å². The first kappa shape index (κ1) is 14.5. The fourth-order valence-electron chi connectivity index (χ4n) is 3.25. The molecule has 2 unspecified atom stereocenters. The SMILES string of the molecule is CCCN1CCCC(CNC)C1c1ccc(C)cn1. The molecular formula is C16H27N3. The Bertz CT molecular complexity index is 356. The molecular weight excluding hydrogens is 234 g/mol. The average molecular weight is 261 g/mol. The van der Waals surface area contributed by atoms with Crippen molar-refractivity contribution < 1.29 is 0 Å². The van der Waals surface area contributed by atoms with Crippen LogP contribution in [0.15, 0.2) is 18.3 Å². The molecule has 0 amide bonds. The quantitative estimate of drug-likeness (QED) is 0.883. The highest BCUT2D eigenvalue weighted by molar-refractivity contribution is 5.16. The molecule has 0 spiro atoms. The molecule has 19 heavy (non-hydrogen) atoms. The predicted octanol–water partition coefficient (Wildman–Crippen LogP) is 2.77. The molecule has 0 saturated carbocycles. The molecule has 2 heterocycles. The Morgan fingerprint density at radius 2 is 2.26 bits per heavy atom. The fraction of sp³-hybridized carbons (Fsp3) is 0.688. The van der Waals surface area contributed by atoms with Crippen LogP contribution in [-0.4, -0.2) is 36.6 Å². The van der Waals surface area contributed by atoms with Crippen LogP contribution < -0.4 is 5.32 Å². The van der Waals surface area contributed by atoms with Gasteiger partial charge in [0.25, 0.3) is 0 Å². The first-order valence-corrected chi connectivity index (χ1v) is 7.57. The Morgan fingerprint density at radius 3 is 2.89 bits per heavy atom. The fourth-order valence-corrected chi connectivity index (χ4v) is 3.25. The highest BCUT2D eigenvalue weighted by atomic mass is 15.2. The zero-order valence-corrected chi connectivity index (χ0v) is 12.5. The summed E-state index contributed by atoms with van der Waals surface area (Å²) in [5.41, 5.74) is 2.49. The molecule has 1 N–H and O–H groups in total. The molecule has 0 aromatic carbocycles. The molecule has 3 nitrogen and oxygen atoms in total. The molecule has 1 aromatic heterocycles. The Hall–Kier alpha value is -0.930. The molecule has 3 heteroatoms. The molecule has 0 bridgehead atoms. The van der Waals surface area contributed by atoms with Gasteiger partial charge in [0.15, 0.2) is 0 Å². The molecule has 1 saturated heterocycles. The van der Waals surface area contributed by atoms with Crippen molar-refractivity contribution in [1.82, 2.24) is 15.2 Å². The number of rotatable bonds is 5. The van der Waals surface area contributed by atoms with E-state index in [0.717, 1.165) is 6.54 Å². The Balaban J connectivity index is 2.23. The van der Waals surface area contributed by atoms with E-state index in [-0.39, 0.29) is 0 Å². The second kappa shape index (κ2) is 7.01. The highest BCUT2D eigenvalue weighted by Crippen LogP contribution is 2.34. The normalized spacial score (nSPS) is 24.6. The van der Waals surface area contributed by atoms with Gasteiger partial charge in [-0.3, -0.25) is 9.88 Å². The Labute approximate surface area is 117 Å². The third-order valence-electron chi connectivity index (χ3n) is 4.07. The Kier molecular flexibility index (Phi) is 5.34. The van der Waals surface area contributed by atoms with Gasteiger partial charge in [-0.1, -0.05) is 13.0 Å². The first-order chi connectivity index (χ1) is 9.26. The molecule has 106 valence electrons. The predicted molar refractivity (Wildman–Crippen MR) is 80.2 cm³/mol. The van der Waals surface area contributed by atoms with Crippen molar-refractivity contribution in [2.24, 2.45) is 5.92 Å². The van der Waals surface area contributed by atoms with Crippen LogP contribution in [0.2, 0.25) is 0 Å². The van der Waals surface area contributed by atoms with Crippen LogP contribution in [0.4, 0.5) is 0 Å². The monoisotopic (exact) mass is 261 g/mol. The third-order valence-corrected chi connectivity index (χ3v) is 4.07. The molecule has 1 fully saturated rings. The van der Waals surface area contributed by atoms with E-state index in [1.807, 2.05) is 6.20 Å². The summed E-state index contributed by atoms with van der Waals surface area (Å²) in [4.78, 5) is 7.33. The van der Waals surface area contributed by atoms with Gasteiger partial charge in [-0.05, 0) is 70.4 Å². The van der Waals surface area contributed by atoms with E-state index in [9.17, 15) is 0 Å². The van der Waals surface area contributed by atoms with E-state index in [1.165, 1.54) is 43.6 Å². The second-order valence-electron chi connectivity index (χ2n) is 5.70. The minimum absolute atomic E-state index is 0.488.